The molecule has 0 rings (SSSR count). The van der Waals surface area contributed by atoms with Crippen molar-refractivity contribution in [2.24, 2.45) is 16.5 Å². The van der Waals surface area contributed by atoms with E-state index < -0.39 is 5.54 Å². The second-order valence-electron chi connectivity index (χ2n) is 4.59. The molecule has 0 fully saturated rings. The summed E-state index contributed by atoms with van der Waals surface area (Å²) in [6.45, 7) is 7.64. The number of hydrogen-bond donors (Lipinski definition) is 4. The Hall–Kier alpha value is -2.05. The third-order valence-electron chi connectivity index (χ3n) is 2.35. The number of rotatable bonds is 8. The van der Waals surface area contributed by atoms with Gasteiger partial charge in [0.15, 0.2) is 5.96 Å². The number of nitrogens with zero attached hydrogens (tertiary/aromatic N) is 1. The Labute approximate surface area is 113 Å². The van der Waals surface area contributed by atoms with Crippen molar-refractivity contribution in [2.75, 3.05) is 13.1 Å². The average molecular weight is 269 g/mol. The van der Waals surface area contributed by atoms with E-state index >= 15 is 0 Å². The molecule has 6 N–H and O–H groups in total. The highest BCUT2D eigenvalue weighted by molar-refractivity contribution is 5.94. The Balaban J connectivity index is 3.93. The lowest BCUT2D eigenvalue weighted by Crippen LogP contribution is -2.54. The van der Waals surface area contributed by atoms with Crippen LogP contribution in [0.3, 0.4) is 0 Å². The first-order valence-corrected chi connectivity index (χ1v) is 6.08. The van der Waals surface area contributed by atoms with Crippen LogP contribution in [0.15, 0.2) is 17.6 Å². The Bertz CT molecular complexity index is 359. The predicted octanol–water partition coefficient (Wildman–Crippen LogP) is -0.763. The second kappa shape index (κ2) is 8.12. The summed E-state index contributed by atoms with van der Waals surface area (Å²) in [5.74, 6) is -0.560. The van der Waals surface area contributed by atoms with Crippen molar-refractivity contribution in [1.82, 2.24) is 10.6 Å². The molecule has 0 aliphatic rings. The van der Waals surface area contributed by atoms with Gasteiger partial charge < -0.3 is 22.1 Å². The molecule has 19 heavy (non-hydrogen) atoms. The summed E-state index contributed by atoms with van der Waals surface area (Å²) in [5, 5.41) is 5.29. The van der Waals surface area contributed by atoms with Crippen LogP contribution in [0.25, 0.3) is 0 Å². The molecule has 0 saturated heterocycles. The van der Waals surface area contributed by atoms with Crippen molar-refractivity contribution in [3.8, 4) is 0 Å². The molecule has 0 aromatic rings. The molecule has 0 aromatic carbocycles. The van der Waals surface area contributed by atoms with Crippen molar-refractivity contribution >= 4 is 17.8 Å². The molecule has 108 valence electrons. The zero-order valence-electron chi connectivity index (χ0n) is 11.5. The molecule has 0 aliphatic carbocycles. The molecule has 0 spiro atoms. The number of unbranched alkanes of at least 4 members (excludes halogenated alkanes) is 1. The molecule has 7 nitrogen and oxygen atoms in total. The number of hydrogen-bond acceptors (Lipinski definition) is 3. The van der Waals surface area contributed by atoms with E-state index in [9.17, 15) is 9.59 Å². The van der Waals surface area contributed by atoms with Crippen LogP contribution in [0.4, 0.5) is 0 Å². The van der Waals surface area contributed by atoms with Crippen LogP contribution in [0.5, 0.6) is 0 Å². The minimum Gasteiger partial charge on any atom is -0.370 e. The molecular formula is C12H23N5O2. The first kappa shape index (κ1) is 16.9. The van der Waals surface area contributed by atoms with Gasteiger partial charge in [0.05, 0.1) is 0 Å². The van der Waals surface area contributed by atoms with Gasteiger partial charge in [0, 0.05) is 13.1 Å². The van der Waals surface area contributed by atoms with Gasteiger partial charge in [-0.25, -0.2) is 0 Å². The molecule has 0 radical (unpaired) electrons. The van der Waals surface area contributed by atoms with E-state index in [-0.39, 0.29) is 17.8 Å². The lowest BCUT2D eigenvalue weighted by atomic mass is 10.0. The monoisotopic (exact) mass is 269 g/mol. The largest absolute Gasteiger partial charge is 0.370 e. The fourth-order valence-corrected chi connectivity index (χ4v) is 1.28. The van der Waals surface area contributed by atoms with Crippen LogP contribution in [0.1, 0.15) is 26.7 Å². The first-order valence-electron chi connectivity index (χ1n) is 6.08. The van der Waals surface area contributed by atoms with Gasteiger partial charge in [-0.15, -0.1) is 0 Å². The minimum atomic E-state index is -0.967. The Kier molecular flexibility index (Phi) is 7.25. The van der Waals surface area contributed by atoms with Crippen LogP contribution < -0.4 is 22.1 Å². The first-order chi connectivity index (χ1) is 8.79. The van der Waals surface area contributed by atoms with Crippen molar-refractivity contribution in [2.45, 2.75) is 32.2 Å². The fourth-order valence-electron chi connectivity index (χ4n) is 1.28. The summed E-state index contributed by atoms with van der Waals surface area (Å²) in [5.41, 5.74) is 9.40. The molecule has 0 heterocycles. The summed E-state index contributed by atoms with van der Waals surface area (Å²) < 4.78 is 0. The lowest BCUT2D eigenvalue weighted by molar-refractivity contribution is -0.130. The predicted molar refractivity (Wildman–Crippen MR) is 75.3 cm³/mol. The minimum absolute atomic E-state index is 0.0670. The number of carbonyl (C=O) groups is 2. The van der Waals surface area contributed by atoms with Crippen molar-refractivity contribution in [3.63, 3.8) is 0 Å². The fraction of sp³-hybridized carbons (Fsp3) is 0.583. The number of guanidine groups is 1. The molecule has 2 amide bonds. The number of amides is 2. The maximum absolute atomic E-state index is 11.8. The van der Waals surface area contributed by atoms with Gasteiger partial charge in [-0.05, 0) is 32.8 Å². The van der Waals surface area contributed by atoms with Gasteiger partial charge in [-0.1, -0.05) is 6.58 Å². The standard InChI is InChI=1S/C12H23N5O2/c1-4-9(18)17-12(2,3)10(19)15-7-5-6-8-16-11(13)14/h4H,1,5-8H2,2-3H3,(H,15,19)(H,17,18)(H4,13,14,16). The molecule has 0 bridgehead atoms. The van der Waals surface area contributed by atoms with E-state index in [2.05, 4.69) is 22.2 Å². The van der Waals surface area contributed by atoms with Crippen LogP contribution in [-0.4, -0.2) is 36.4 Å². The van der Waals surface area contributed by atoms with E-state index in [0.717, 1.165) is 18.9 Å². The number of nitrogens with two attached hydrogens (primary N) is 2. The maximum Gasteiger partial charge on any atom is 0.245 e. The van der Waals surface area contributed by atoms with Gasteiger partial charge in [0.2, 0.25) is 11.8 Å². The number of aliphatic imine (C=N–C) groups is 1. The molecular weight excluding hydrogens is 246 g/mol. The van der Waals surface area contributed by atoms with Crippen molar-refractivity contribution < 1.29 is 9.59 Å². The van der Waals surface area contributed by atoms with Crippen molar-refractivity contribution in [1.29, 1.82) is 0 Å². The molecule has 7 heteroatoms. The molecule has 0 saturated carbocycles. The quantitative estimate of drug-likeness (QED) is 0.200. The Morgan fingerprint density at radius 1 is 1.32 bits per heavy atom. The van der Waals surface area contributed by atoms with Crippen LogP contribution in [0.2, 0.25) is 0 Å². The Morgan fingerprint density at radius 2 is 1.95 bits per heavy atom. The smallest absolute Gasteiger partial charge is 0.245 e. The number of nitrogens with one attached hydrogen (secondary N) is 2. The van der Waals surface area contributed by atoms with Gasteiger partial charge in [-0.3, -0.25) is 14.6 Å². The van der Waals surface area contributed by atoms with E-state index in [1.807, 2.05) is 0 Å². The normalized spacial score (nSPS) is 10.4. The highest BCUT2D eigenvalue weighted by atomic mass is 16.2. The molecule has 0 atom stereocenters. The SMILES string of the molecule is C=CC(=O)NC(C)(C)C(=O)NCCCCN=C(N)N. The summed E-state index contributed by atoms with van der Waals surface area (Å²) in [6.07, 6.45) is 2.66. The number of carbonyl (C=O) groups excluding carboxylic acids is 2. The lowest BCUT2D eigenvalue weighted by Gasteiger charge is -2.24. The van der Waals surface area contributed by atoms with E-state index in [1.165, 1.54) is 0 Å². The molecule has 0 aromatic heterocycles. The highest BCUT2D eigenvalue weighted by Gasteiger charge is 2.27. The van der Waals surface area contributed by atoms with Crippen LogP contribution in [0, 0.1) is 0 Å². The summed E-state index contributed by atoms with van der Waals surface area (Å²) in [7, 11) is 0. The highest BCUT2D eigenvalue weighted by Crippen LogP contribution is 2.02. The average Bonchev–Trinajstić information content (AvgIpc) is 2.32. The second-order valence-corrected chi connectivity index (χ2v) is 4.59. The maximum atomic E-state index is 11.8. The summed E-state index contributed by atoms with van der Waals surface area (Å²) in [4.78, 5) is 26.8. The van der Waals surface area contributed by atoms with Crippen molar-refractivity contribution in [3.05, 3.63) is 12.7 Å². The molecule has 0 aliphatic heterocycles. The van der Waals surface area contributed by atoms with Gasteiger partial charge >= 0.3 is 0 Å². The Morgan fingerprint density at radius 3 is 2.47 bits per heavy atom. The molecule has 0 unspecified atom stereocenters. The van der Waals surface area contributed by atoms with Gasteiger partial charge in [0.25, 0.3) is 0 Å². The van der Waals surface area contributed by atoms with Gasteiger partial charge in [0.1, 0.15) is 5.54 Å². The van der Waals surface area contributed by atoms with E-state index in [1.54, 1.807) is 13.8 Å². The van der Waals surface area contributed by atoms with E-state index in [4.69, 9.17) is 11.5 Å². The van der Waals surface area contributed by atoms with Gasteiger partial charge in [-0.2, -0.15) is 0 Å². The summed E-state index contributed by atoms with van der Waals surface area (Å²) in [6, 6.07) is 0. The third kappa shape index (κ3) is 7.80. The van der Waals surface area contributed by atoms with Crippen LogP contribution >= 0.6 is 0 Å². The zero-order chi connectivity index (χ0) is 14.9. The zero-order valence-corrected chi connectivity index (χ0v) is 11.5. The third-order valence-corrected chi connectivity index (χ3v) is 2.35. The van der Waals surface area contributed by atoms with Crippen LogP contribution in [-0.2, 0) is 9.59 Å². The summed E-state index contributed by atoms with van der Waals surface area (Å²) >= 11 is 0. The van der Waals surface area contributed by atoms with E-state index in [0.29, 0.717) is 13.1 Å². The topological polar surface area (TPSA) is 123 Å².